The number of thioether (sulfide) groups is 1. The smallest absolute Gasteiger partial charge is 0.357 e. The summed E-state index contributed by atoms with van der Waals surface area (Å²) in [7, 11) is 0. The summed E-state index contributed by atoms with van der Waals surface area (Å²) in [6.45, 7) is 7.94. The van der Waals surface area contributed by atoms with Gasteiger partial charge in [-0.2, -0.15) is 0 Å². The molecule has 5 nitrogen and oxygen atoms in total. The Bertz CT molecular complexity index is 728. The van der Waals surface area contributed by atoms with E-state index in [4.69, 9.17) is 4.74 Å². The van der Waals surface area contributed by atoms with Crippen molar-refractivity contribution in [1.29, 1.82) is 0 Å². The van der Waals surface area contributed by atoms with Gasteiger partial charge in [-0.05, 0) is 51.9 Å². The predicted molar refractivity (Wildman–Crippen MR) is 118 cm³/mol. The lowest BCUT2D eigenvalue weighted by molar-refractivity contribution is -0.121. The van der Waals surface area contributed by atoms with Crippen LogP contribution in [0.15, 0.2) is 34.0 Å². The van der Waals surface area contributed by atoms with Crippen LogP contribution in [0, 0.1) is 11.8 Å². The molecular weight excluding hydrogens is 406 g/mol. The molecule has 1 aliphatic carbocycles. The van der Waals surface area contributed by atoms with Crippen molar-refractivity contribution in [2.75, 3.05) is 12.4 Å². The minimum atomic E-state index is -0.391. The molecule has 160 valence electrons. The molecule has 0 bridgehead atoms. The highest BCUT2D eigenvalue weighted by molar-refractivity contribution is 8.01. The van der Waals surface area contributed by atoms with Gasteiger partial charge in [-0.3, -0.25) is 4.79 Å². The maximum atomic E-state index is 12.3. The number of allylic oxidation sites excluding steroid dienone is 2. The molecular formula is C22H31NO4S2. The molecule has 29 heavy (non-hydrogen) atoms. The monoisotopic (exact) mass is 437 g/mol. The van der Waals surface area contributed by atoms with E-state index in [0.717, 1.165) is 41.3 Å². The summed E-state index contributed by atoms with van der Waals surface area (Å²) >= 11 is 3.01. The molecule has 1 aromatic heterocycles. The lowest BCUT2D eigenvalue weighted by Crippen LogP contribution is -2.14. The fourth-order valence-electron chi connectivity index (χ4n) is 3.38. The number of carbonyl (C=O) groups excluding carboxylic acids is 2. The van der Waals surface area contributed by atoms with Gasteiger partial charge >= 0.3 is 5.97 Å². The first-order valence-corrected chi connectivity index (χ1v) is 12.0. The Hall–Kier alpha value is -1.44. The number of ketones is 1. The van der Waals surface area contributed by atoms with Gasteiger partial charge in [0, 0.05) is 23.5 Å². The number of aliphatic hydroxyl groups is 1. The first-order chi connectivity index (χ1) is 13.9. The van der Waals surface area contributed by atoms with Crippen LogP contribution in [-0.4, -0.2) is 40.3 Å². The zero-order chi connectivity index (χ0) is 21.2. The fourth-order valence-corrected chi connectivity index (χ4v) is 5.26. The Morgan fingerprint density at radius 2 is 2.34 bits per heavy atom. The van der Waals surface area contributed by atoms with E-state index in [1.165, 1.54) is 11.3 Å². The van der Waals surface area contributed by atoms with E-state index in [2.05, 4.69) is 17.6 Å². The quantitative estimate of drug-likeness (QED) is 0.280. The lowest BCUT2D eigenvalue weighted by atomic mass is 9.92. The molecule has 1 saturated carbocycles. The van der Waals surface area contributed by atoms with Crippen LogP contribution in [0.4, 0.5) is 0 Å². The van der Waals surface area contributed by atoms with Crippen LogP contribution in [0.1, 0.15) is 62.9 Å². The third-order valence-electron chi connectivity index (χ3n) is 4.97. The topological polar surface area (TPSA) is 76.5 Å². The van der Waals surface area contributed by atoms with Crippen LogP contribution in [0.25, 0.3) is 0 Å². The summed E-state index contributed by atoms with van der Waals surface area (Å²) < 4.78 is 5.78. The summed E-state index contributed by atoms with van der Waals surface area (Å²) in [6.07, 6.45) is 8.29. The van der Waals surface area contributed by atoms with Gasteiger partial charge in [-0.15, -0.1) is 17.9 Å². The zero-order valence-electron chi connectivity index (χ0n) is 17.3. The number of aromatic nitrogens is 1. The van der Waals surface area contributed by atoms with Crippen molar-refractivity contribution in [1.82, 2.24) is 4.98 Å². The molecule has 1 aliphatic rings. The highest BCUT2D eigenvalue weighted by atomic mass is 32.2. The van der Waals surface area contributed by atoms with Crippen LogP contribution in [0.5, 0.6) is 0 Å². The predicted octanol–water partition coefficient (Wildman–Crippen LogP) is 5.06. The molecule has 1 N–H and O–H groups in total. The second-order valence-electron chi connectivity index (χ2n) is 7.45. The van der Waals surface area contributed by atoms with Gasteiger partial charge in [0.25, 0.3) is 0 Å². The number of hydrogen-bond acceptors (Lipinski definition) is 7. The number of Topliss-reactive ketones (excluding diaryl/α,β-unsaturated/α-hetero) is 1. The van der Waals surface area contributed by atoms with E-state index < -0.39 is 5.97 Å². The largest absolute Gasteiger partial charge is 0.461 e. The number of aliphatic hydroxyl groups excluding tert-OH is 1. The second kappa shape index (κ2) is 12.3. The number of nitrogens with zero attached hydrogens (tertiary/aromatic N) is 1. The molecule has 2 rings (SSSR count). The van der Waals surface area contributed by atoms with Crippen LogP contribution in [0.3, 0.4) is 0 Å². The number of rotatable bonds is 12. The van der Waals surface area contributed by atoms with Gasteiger partial charge < -0.3 is 9.84 Å². The molecule has 1 fully saturated rings. The van der Waals surface area contributed by atoms with Crippen LogP contribution in [0.2, 0.25) is 0 Å². The van der Waals surface area contributed by atoms with Gasteiger partial charge in [-0.1, -0.05) is 29.5 Å². The zero-order valence-corrected chi connectivity index (χ0v) is 18.9. The maximum Gasteiger partial charge on any atom is 0.357 e. The van der Waals surface area contributed by atoms with Crippen LogP contribution >= 0.6 is 23.1 Å². The minimum absolute atomic E-state index is 0.0378. The molecule has 0 spiro atoms. The molecule has 0 radical (unpaired) electrons. The standard InChI is InChI=1S/C22H31NO4S2/c1-4-27-21(26)19-14-29-22(23-19)28-13-12-18-16(9-11-20(18)25)6-5-7-17(24)10-8-15(2)3/h5-6,14,16-18,24H,2,4,7-13H2,1,3H3/b6-5+/t16-,17+,18+/m0/s1. The van der Waals surface area contributed by atoms with Crippen molar-refractivity contribution < 1.29 is 19.4 Å². The normalized spacial score (nSPS) is 20.3. The van der Waals surface area contributed by atoms with Crippen molar-refractivity contribution in [3.63, 3.8) is 0 Å². The summed E-state index contributed by atoms with van der Waals surface area (Å²) in [4.78, 5) is 28.3. The molecule has 0 aromatic carbocycles. The van der Waals surface area contributed by atoms with E-state index in [-0.39, 0.29) is 17.9 Å². The van der Waals surface area contributed by atoms with E-state index in [1.807, 2.05) is 13.0 Å². The third-order valence-corrected chi connectivity index (χ3v) is 7.03. The molecule has 0 saturated heterocycles. The summed E-state index contributed by atoms with van der Waals surface area (Å²) in [6, 6.07) is 0. The van der Waals surface area contributed by atoms with Crippen LogP contribution < -0.4 is 0 Å². The molecule has 1 aromatic rings. The Morgan fingerprint density at radius 3 is 3.07 bits per heavy atom. The molecule has 7 heteroatoms. The van der Waals surface area contributed by atoms with Crippen molar-refractivity contribution in [2.45, 2.75) is 62.8 Å². The summed E-state index contributed by atoms with van der Waals surface area (Å²) in [5.74, 6) is 1.02. The van der Waals surface area contributed by atoms with Crippen molar-refractivity contribution in [3.8, 4) is 0 Å². The van der Waals surface area contributed by atoms with E-state index in [9.17, 15) is 14.7 Å². The first-order valence-electron chi connectivity index (χ1n) is 10.2. The van der Waals surface area contributed by atoms with E-state index in [1.54, 1.807) is 24.1 Å². The molecule has 0 unspecified atom stereocenters. The fraction of sp³-hybridized carbons (Fsp3) is 0.591. The van der Waals surface area contributed by atoms with Gasteiger partial charge in [0.1, 0.15) is 5.78 Å². The summed E-state index contributed by atoms with van der Waals surface area (Å²) in [5, 5.41) is 11.7. The SMILES string of the molecule is C=C(C)CC[C@H](O)C/C=C/[C@H]1CCC(=O)[C@@H]1CCSc1nc(C(=O)OCC)cs1. The highest BCUT2D eigenvalue weighted by Crippen LogP contribution is 2.35. The third kappa shape index (κ3) is 8.07. The number of esters is 1. The van der Waals surface area contributed by atoms with Gasteiger partial charge in [-0.25, -0.2) is 9.78 Å². The van der Waals surface area contributed by atoms with Crippen LogP contribution in [-0.2, 0) is 9.53 Å². The van der Waals surface area contributed by atoms with E-state index in [0.29, 0.717) is 30.9 Å². The Balaban J connectivity index is 1.78. The average Bonchev–Trinajstić information content (AvgIpc) is 3.28. The number of carbonyl (C=O) groups is 2. The Labute approximate surface area is 181 Å². The van der Waals surface area contributed by atoms with Crippen molar-refractivity contribution >= 4 is 34.9 Å². The molecule has 1 heterocycles. The molecule has 0 aliphatic heterocycles. The number of hydrogen-bond donors (Lipinski definition) is 1. The second-order valence-corrected chi connectivity index (χ2v) is 9.65. The van der Waals surface area contributed by atoms with Gasteiger partial charge in [0.05, 0.1) is 12.7 Å². The number of thiazole rings is 1. The highest BCUT2D eigenvalue weighted by Gasteiger charge is 2.32. The Morgan fingerprint density at radius 1 is 1.55 bits per heavy atom. The van der Waals surface area contributed by atoms with E-state index >= 15 is 0 Å². The Kier molecular flexibility index (Phi) is 10.1. The summed E-state index contributed by atoms with van der Waals surface area (Å²) in [5.41, 5.74) is 1.43. The molecule has 0 amide bonds. The lowest BCUT2D eigenvalue weighted by Gasteiger charge is -2.15. The van der Waals surface area contributed by atoms with Gasteiger partial charge in [0.15, 0.2) is 10.0 Å². The molecule has 3 atom stereocenters. The average molecular weight is 438 g/mol. The maximum absolute atomic E-state index is 12.3. The van der Waals surface area contributed by atoms with Crippen molar-refractivity contribution in [2.24, 2.45) is 11.8 Å². The van der Waals surface area contributed by atoms with Crippen molar-refractivity contribution in [3.05, 3.63) is 35.4 Å². The first kappa shape index (κ1) is 23.8. The number of ether oxygens (including phenoxy) is 1. The van der Waals surface area contributed by atoms with Gasteiger partial charge in [0.2, 0.25) is 0 Å². The minimum Gasteiger partial charge on any atom is -0.461 e.